The average Bonchev–Trinajstić information content (AvgIpc) is 3.10. The minimum absolute atomic E-state index is 0.0328. The van der Waals surface area contributed by atoms with Crippen molar-refractivity contribution in [3.8, 4) is 0 Å². The molecule has 0 aromatic heterocycles. The van der Waals surface area contributed by atoms with E-state index in [0.29, 0.717) is 31.6 Å². The fraction of sp³-hybridized carbons (Fsp3) is 0.684. The fourth-order valence-corrected chi connectivity index (χ4v) is 5.68. The van der Waals surface area contributed by atoms with Crippen molar-refractivity contribution >= 4 is 27.6 Å². The van der Waals surface area contributed by atoms with E-state index in [2.05, 4.69) is 22.9 Å². The number of ether oxygens (including phenoxy) is 2. The van der Waals surface area contributed by atoms with E-state index in [-0.39, 0.29) is 12.8 Å². The van der Waals surface area contributed by atoms with Crippen LogP contribution in [-0.2, 0) is 41.8 Å². The molecule has 4 atom stereocenters. The molecule has 0 aliphatic rings. The highest BCUT2D eigenvalue weighted by atomic mass is 31.2. The van der Waals surface area contributed by atoms with Crippen molar-refractivity contribution in [2.75, 3.05) is 26.4 Å². The molecule has 2 unspecified atom stereocenters. The van der Waals surface area contributed by atoms with E-state index in [1.807, 2.05) is 61.6 Å². The molecule has 0 fully saturated rings. The summed E-state index contributed by atoms with van der Waals surface area (Å²) in [5.74, 6) is -0.446. The second kappa shape index (κ2) is 33.0. The molecule has 0 saturated heterocycles. The van der Waals surface area contributed by atoms with Crippen LogP contribution in [0.1, 0.15) is 117 Å². The quantitative estimate of drug-likeness (QED) is 0.0138. The largest absolute Gasteiger partial charge is 0.472 e. The monoisotopic (exact) mass is 808 g/mol. The van der Waals surface area contributed by atoms with Gasteiger partial charge in [-0.2, -0.15) is 0 Å². The molecule has 0 rings (SSSR count). The molecule has 14 nitrogen and oxygen atoms in total. The molecular weight excluding hydrogens is 742 g/mol. The van der Waals surface area contributed by atoms with Crippen LogP contribution >= 0.6 is 15.6 Å². The summed E-state index contributed by atoms with van der Waals surface area (Å²) in [7, 11) is -9.70. The lowest BCUT2D eigenvalue weighted by Gasteiger charge is -2.20. The van der Waals surface area contributed by atoms with E-state index >= 15 is 0 Å². The van der Waals surface area contributed by atoms with Crippen LogP contribution in [0.4, 0.5) is 0 Å². The van der Waals surface area contributed by atoms with Crippen LogP contribution in [0, 0.1) is 5.92 Å². The molecule has 0 aromatic carbocycles. The Balaban J connectivity index is 4.72. The van der Waals surface area contributed by atoms with Gasteiger partial charge in [0.05, 0.1) is 25.9 Å². The van der Waals surface area contributed by atoms with Gasteiger partial charge in [0.2, 0.25) is 0 Å². The number of allylic oxidation sites excluding steroid dienone is 8. The number of aliphatic hydroxyl groups excluding tert-OH is 2. The minimum atomic E-state index is -4.87. The molecule has 0 radical (unpaired) electrons. The van der Waals surface area contributed by atoms with Crippen LogP contribution in [0.25, 0.3) is 0 Å². The maximum Gasteiger partial charge on any atom is 0.472 e. The van der Waals surface area contributed by atoms with Crippen LogP contribution in [0.15, 0.2) is 60.8 Å². The summed E-state index contributed by atoms with van der Waals surface area (Å²) >= 11 is 0. The number of hydrogen-bond acceptors (Lipinski definition) is 11. The van der Waals surface area contributed by atoms with Gasteiger partial charge in [-0.3, -0.25) is 23.2 Å². The van der Waals surface area contributed by atoms with Crippen LogP contribution in [-0.4, -0.2) is 81.6 Å². The molecule has 5 N–H and O–H groups in total. The lowest BCUT2D eigenvalue weighted by molar-refractivity contribution is -0.161. The Morgan fingerprint density at radius 1 is 0.667 bits per heavy atom. The molecule has 0 heterocycles. The van der Waals surface area contributed by atoms with Crippen molar-refractivity contribution in [2.45, 2.75) is 135 Å². The lowest BCUT2D eigenvalue weighted by atomic mass is 10.0. The van der Waals surface area contributed by atoms with Gasteiger partial charge >= 0.3 is 27.6 Å². The first-order chi connectivity index (χ1) is 25.6. The summed E-state index contributed by atoms with van der Waals surface area (Å²) in [6.07, 6.45) is 27.6. The number of carbonyl (C=O) groups is 2. The summed E-state index contributed by atoms with van der Waals surface area (Å²) in [6, 6.07) is 0. The lowest BCUT2D eigenvalue weighted by Crippen LogP contribution is -2.29. The first-order valence-corrected chi connectivity index (χ1v) is 22.0. The third-order valence-corrected chi connectivity index (χ3v) is 8.85. The van der Waals surface area contributed by atoms with Crippen molar-refractivity contribution in [1.82, 2.24) is 0 Å². The fourth-order valence-electron chi connectivity index (χ4n) is 4.53. The Labute approximate surface area is 322 Å². The highest BCUT2D eigenvalue weighted by Crippen LogP contribution is 2.43. The van der Waals surface area contributed by atoms with E-state index in [1.165, 1.54) is 12.8 Å². The van der Waals surface area contributed by atoms with Crippen molar-refractivity contribution in [3.63, 3.8) is 0 Å². The first-order valence-electron chi connectivity index (χ1n) is 18.9. The Hall–Kier alpha value is -2.22. The molecule has 0 amide bonds. The van der Waals surface area contributed by atoms with Crippen molar-refractivity contribution in [1.29, 1.82) is 0 Å². The van der Waals surface area contributed by atoms with Gasteiger partial charge < -0.3 is 34.4 Å². The zero-order valence-electron chi connectivity index (χ0n) is 32.3. The van der Waals surface area contributed by atoms with Gasteiger partial charge in [-0.05, 0) is 50.9 Å². The van der Waals surface area contributed by atoms with Gasteiger partial charge in [0.15, 0.2) is 6.10 Å². The Kier molecular flexibility index (Phi) is 31.6. The van der Waals surface area contributed by atoms with Gasteiger partial charge in [0.25, 0.3) is 0 Å². The predicted octanol–water partition coefficient (Wildman–Crippen LogP) is 7.71. The summed E-state index contributed by atoms with van der Waals surface area (Å²) in [6.45, 7) is 3.61. The highest BCUT2D eigenvalue weighted by Gasteiger charge is 2.28. The van der Waals surface area contributed by atoms with Gasteiger partial charge in [0, 0.05) is 12.8 Å². The third-order valence-electron chi connectivity index (χ3n) is 7.41. The zero-order valence-corrected chi connectivity index (χ0v) is 34.1. The van der Waals surface area contributed by atoms with Gasteiger partial charge in [-0.1, -0.05) is 120 Å². The topological polar surface area (TPSA) is 216 Å². The molecule has 0 aromatic rings. The second-order valence-electron chi connectivity index (χ2n) is 13.2. The van der Waals surface area contributed by atoms with Crippen LogP contribution in [0.5, 0.6) is 0 Å². The van der Waals surface area contributed by atoms with E-state index in [4.69, 9.17) is 23.8 Å². The standard InChI is InChI=1S/C38H66O14P2/c1-4-5-25-34(39)26-21-17-12-10-8-6-7-9-11-13-19-23-28-38(42)52-36(31-48-37(41)27-22-18-15-14-16-20-24-33(2)3)32-51-54(46,47)50-30-35(40)29-49-53(43,44)45/h5-7,10-13,17,21,25,33-36,39-40H,4,8-9,14-16,18-20,22-24,26-32H2,1-3H3,(H,46,47)(H2,43,44,45)/b7-6-,12-10-,13-11-,21-17+,25-5-/t34?,35-,36+/m0/s1. The highest BCUT2D eigenvalue weighted by molar-refractivity contribution is 7.47. The Morgan fingerprint density at radius 2 is 1.26 bits per heavy atom. The maximum atomic E-state index is 12.6. The van der Waals surface area contributed by atoms with E-state index in [0.717, 1.165) is 44.9 Å². The van der Waals surface area contributed by atoms with Gasteiger partial charge in [0.1, 0.15) is 12.7 Å². The van der Waals surface area contributed by atoms with Crippen molar-refractivity contribution in [2.24, 2.45) is 5.92 Å². The number of aliphatic hydroxyl groups is 2. The average molecular weight is 809 g/mol. The summed E-state index contributed by atoms with van der Waals surface area (Å²) < 4.78 is 47.4. The molecule has 16 heteroatoms. The van der Waals surface area contributed by atoms with Crippen molar-refractivity contribution in [3.05, 3.63) is 60.8 Å². The molecule has 0 aliphatic heterocycles. The first kappa shape index (κ1) is 51.8. The number of esters is 2. The molecule has 0 spiro atoms. The van der Waals surface area contributed by atoms with Gasteiger partial charge in [-0.25, -0.2) is 9.13 Å². The van der Waals surface area contributed by atoms with Crippen LogP contribution in [0.3, 0.4) is 0 Å². The number of unbranched alkanes of at least 4 members (excludes halogenated alkanes) is 6. The Morgan fingerprint density at radius 3 is 1.94 bits per heavy atom. The van der Waals surface area contributed by atoms with Gasteiger partial charge in [-0.15, -0.1) is 0 Å². The summed E-state index contributed by atoms with van der Waals surface area (Å²) in [5, 5.41) is 19.4. The number of hydrogen-bond donors (Lipinski definition) is 5. The molecule has 0 bridgehead atoms. The number of phosphoric acid groups is 2. The number of rotatable bonds is 34. The van der Waals surface area contributed by atoms with E-state index < -0.39 is 72.3 Å². The summed E-state index contributed by atoms with van der Waals surface area (Å²) in [4.78, 5) is 52.4. The van der Waals surface area contributed by atoms with E-state index in [9.17, 15) is 33.8 Å². The van der Waals surface area contributed by atoms with Crippen molar-refractivity contribution < 1.29 is 66.7 Å². The minimum Gasteiger partial charge on any atom is -0.462 e. The third kappa shape index (κ3) is 36.7. The van der Waals surface area contributed by atoms with Crippen LogP contribution in [0.2, 0.25) is 0 Å². The zero-order chi connectivity index (χ0) is 40.5. The Bertz CT molecular complexity index is 1220. The SMILES string of the molecule is CC/C=C\C(O)C/C=C/C=C\C/C=C\C/C=C\CCCC(=O)O[C@H](COC(=O)CCCCCCCCC(C)C)COP(=O)(O)OC[C@@H](O)COP(=O)(O)O. The van der Waals surface area contributed by atoms with E-state index in [1.54, 1.807) is 6.08 Å². The molecule has 0 saturated carbocycles. The second-order valence-corrected chi connectivity index (χ2v) is 15.8. The van der Waals surface area contributed by atoms with Crippen LogP contribution < -0.4 is 0 Å². The number of carbonyl (C=O) groups excluding carboxylic acids is 2. The predicted molar refractivity (Wildman–Crippen MR) is 208 cm³/mol. The molecule has 0 aliphatic carbocycles. The maximum absolute atomic E-state index is 12.6. The normalized spacial score (nSPS) is 15.6. The number of phosphoric ester groups is 2. The smallest absolute Gasteiger partial charge is 0.462 e. The molecular formula is C38H66O14P2. The summed E-state index contributed by atoms with van der Waals surface area (Å²) in [5.41, 5.74) is 0. The molecule has 312 valence electrons. The molecule has 54 heavy (non-hydrogen) atoms.